The fourth-order valence-corrected chi connectivity index (χ4v) is 9.71. The summed E-state index contributed by atoms with van der Waals surface area (Å²) in [4.78, 5) is 84.2. The van der Waals surface area contributed by atoms with Crippen LogP contribution in [0, 0.1) is 20.2 Å². The fraction of sp³-hybridized carbons (Fsp3) is 0.286. The molecule has 0 spiro atoms. The molecule has 3 aliphatic rings. The zero-order valence-corrected chi connectivity index (χ0v) is 40.4. The van der Waals surface area contributed by atoms with Crippen molar-refractivity contribution in [1.29, 1.82) is 0 Å². The minimum Gasteiger partial charge on any atom is -0.493 e. The first-order chi connectivity index (χ1) is 34.9. The van der Waals surface area contributed by atoms with E-state index in [2.05, 4.69) is 0 Å². The highest BCUT2D eigenvalue weighted by molar-refractivity contribution is 6.35. The third-order valence-electron chi connectivity index (χ3n) is 12.8. The SMILES string of the molecule is CCCOc1c2cc([N+](=O)[O-])cc1Cc1cc(N3C(=O)c4ccccc4C3=O)cc(c1OCCC)Cc1c([N+](=O)[O-])ccc(c1OCCC)Cc1cc(N3C(=O)c4ccccc4C3=O)cc(c1OCCC)C2. The third kappa shape index (κ3) is 8.99. The summed E-state index contributed by atoms with van der Waals surface area (Å²) in [6.45, 7) is 8.56. The van der Waals surface area contributed by atoms with Crippen LogP contribution in [0.3, 0.4) is 0 Å². The highest BCUT2D eigenvalue weighted by Gasteiger charge is 2.39. The number of fused-ring (bicyclic) bond motifs is 10. The summed E-state index contributed by atoms with van der Waals surface area (Å²) in [5.74, 6) is -0.945. The topological polar surface area (TPSA) is 198 Å². The Balaban J connectivity index is 1.37. The molecule has 16 heteroatoms. The van der Waals surface area contributed by atoms with Gasteiger partial charge in [0.05, 0.1) is 75.5 Å². The zero-order valence-electron chi connectivity index (χ0n) is 40.4. The van der Waals surface area contributed by atoms with Crippen LogP contribution < -0.4 is 28.7 Å². The van der Waals surface area contributed by atoms with Crippen LogP contribution in [0.2, 0.25) is 0 Å². The monoisotopic (exact) mass is 972 g/mol. The molecule has 0 fully saturated rings. The van der Waals surface area contributed by atoms with E-state index in [4.69, 9.17) is 18.9 Å². The number of benzene rings is 6. The van der Waals surface area contributed by atoms with Crippen LogP contribution in [-0.4, -0.2) is 59.9 Å². The number of hydrogen-bond acceptors (Lipinski definition) is 12. The van der Waals surface area contributed by atoms with Crippen LogP contribution in [0.15, 0.2) is 97.1 Å². The average molecular weight is 973 g/mol. The molecule has 1 aliphatic carbocycles. The first kappa shape index (κ1) is 48.6. The molecule has 6 aromatic carbocycles. The quantitative estimate of drug-likeness (QED) is 0.0505. The maximum atomic E-state index is 14.2. The average Bonchev–Trinajstić information content (AvgIpc) is 3.78. The van der Waals surface area contributed by atoms with Crippen LogP contribution in [-0.2, 0) is 25.7 Å². The number of rotatable bonds is 16. The highest BCUT2D eigenvalue weighted by atomic mass is 16.6. The Bertz CT molecular complexity index is 3150. The maximum absolute atomic E-state index is 14.2. The molecular weight excluding hydrogens is 921 g/mol. The van der Waals surface area contributed by atoms with E-state index >= 15 is 0 Å². The Morgan fingerprint density at radius 1 is 0.431 bits per heavy atom. The van der Waals surface area contributed by atoms with Crippen molar-refractivity contribution in [1.82, 2.24) is 0 Å². The summed E-state index contributed by atoms with van der Waals surface area (Å²) in [7, 11) is 0. The van der Waals surface area contributed by atoms with Crippen molar-refractivity contribution in [2.75, 3.05) is 36.2 Å². The lowest BCUT2D eigenvalue weighted by molar-refractivity contribution is -0.385. The van der Waals surface area contributed by atoms with Crippen LogP contribution in [0.1, 0.15) is 139 Å². The summed E-state index contributed by atoms with van der Waals surface area (Å²) < 4.78 is 26.4. The molecular formula is C56H52N4O12. The van der Waals surface area contributed by atoms with Gasteiger partial charge in [-0.05, 0) is 85.8 Å². The number of non-ortho nitro benzene ring substituents is 1. The third-order valence-corrected chi connectivity index (χ3v) is 12.8. The molecule has 16 nitrogen and oxygen atoms in total. The second-order valence-electron chi connectivity index (χ2n) is 17.9. The number of nitro groups is 2. The number of nitro benzene ring substituents is 2. The van der Waals surface area contributed by atoms with Gasteiger partial charge in [0.2, 0.25) is 0 Å². The molecule has 0 unspecified atom stereocenters. The number of carbonyl (C=O) groups is 4. The first-order valence-electron chi connectivity index (χ1n) is 24.2. The van der Waals surface area contributed by atoms with Crippen LogP contribution in [0.5, 0.6) is 23.0 Å². The standard InChI is InChI=1S/C56H52N4O12/c1-5-19-69-49-34-23-33-17-18-48(60(67)68)47(52(33)72-22-8-4)32-39-29-41(58-55(63)45-15-11-12-16-46(45)56(58)64)28-36(51(39)71-21-7-3)25-38-31-42(59(65)66)30-37(50(38)70-20-6-2)24-35(49)27-40(26-34)57-53(61)43-13-9-10-14-44(43)54(57)62/h9-18,26-31H,5-8,19-25,32H2,1-4H3. The molecule has 6 aromatic rings. The van der Waals surface area contributed by atoms with E-state index in [0.29, 0.717) is 81.9 Å². The fourth-order valence-electron chi connectivity index (χ4n) is 9.71. The second kappa shape index (κ2) is 20.5. The number of hydrogen-bond donors (Lipinski definition) is 0. The molecule has 0 N–H and O–H groups in total. The zero-order chi connectivity index (χ0) is 50.8. The number of ether oxygens (including phenoxy) is 4. The predicted octanol–water partition coefficient (Wildman–Crippen LogP) is 10.9. The molecule has 368 valence electrons. The van der Waals surface area contributed by atoms with Crippen molar-refractivity contribution >= 4 is 46.4 Å². The van der Waals surface area contributed by atoms with E-state index < -0.39 is 33.5 Å². The van der Waals surface area contributed by atoms with E-state index in [0.717, 1.165) is 9.80 Å². The van der Waals surface area contributed by atoms with Crippen LogP contribution in [0.4, 0.5) is 22.7 Å². The molecule has 0 saturated heterocycles. The van der Waals surface area contributed by atoms with E-state index in [9.17, 15) is 39.4 Å². The lowest BCUT2D eigenvalue weighted by atomic mass is 9.89. The summed E-state index contributed by atoms with van der Waals surface area (Å²) in [6.07, 6.45) is 1.98. The van der Waals surface area contributed by atoms with Crippen LogP contribution >= 0.6 is 0 Å². The Morgan fingerprint density at radius 2 is 0.764 bits per heavy atom. The van der Waals surface area contributed by atoms with Crippen LogP contribution in [0.25, 0.3) is 0 Å². The van der Waals surface area contributed by atoms with Gasteiger partial charge in [0.1, 0.15) is 23.0 Å². The van der Waals surface area contributed by atoms with Gasteiger partial charge >= 0.3 is 0 Å². The Hall–Kier alpha value is -8.40. The van der Waals surface area contributed by atoms with Crippen molar-refractivity contribution < 1.29 is 48.0 Å². The smallest absolute Gasteiger partial charge is 0.276 e. The Morgan fingerprint density at radius 3 is 1.11 bits per heavy atom. The van der Waals surface area contributed by atoms with Gasteiger partial charge in [-0.1, -0.05) is 52.0 Å². The number of carbonyl (C=O) groups excluding carboxylic acids is 4. The lowest BCUT2D eigenvalue weighted by Crippen LogP contribution is -2.29. The number of imide groups is 2. The number of nitrogens with zero attached hydrogens (tertiary/aromatic N) is 4. The van der Waals surface area contributed by atoms with Gasteiger partial charge in [0.25, 0.3) is 35.0 Å². The Kier molecular flexibility index (Phi) is 13.9. The van der Waals surface area contributed by atoms with Gasteiger partial charge in [0, 0.05) is 77.3 Å². The van der Waals surface area contributed by atoms with Gasteiger partial charge in [-0.2, -0.15) is 0 Å². The molecule has 72 heavy (non-hydrogen) atoms. The predicted molar refractivity (Wildman–Crippen MR) is 269 cm³/mol. The minimum absolute atomic E-state index is 0.0198. The van der Waals surface area contributed by atoms with Crippen molar-refractivity contribution in [3.63, 3.8) is 0 Å². The van der Waals surface area contributed by atoms with Gasteiger partial charge in [-0.25, -0.2) is 9.80 Å². The number of anilines is 2. The van der Waals surface area contributed by atoms with E-state index in [1.807, 2.05) is 27.7 Å². The maximum Gasteiger partial charge on any atom is 0.276 e. The minimum atomic E-state index is -0.566. The van der Waals surface area contributed by atoms with Gasteiger partial charge < -0.3 is 18.9 Å². The van der Waals surface area contributed by atoms with Crippen molar-refractivity contribution in [2.24, 2.45) is 0 Å². The molecule has 0 saturated carbocycles. The number of amides is 4. The largest absolute Gasteiger partial charge is 0.493 e. The summed E-state index contributed by atoms with van der Waals surface area (Å²) in [5.41, 5.74) is 4.02. The molecule has 2 aliphatic heterocycles. The summed E-state index contributed by atoms with van der Waals surface area (Å²) >= 11 is 0. The van der Waals surface area contributed by atoms with E-state index in [-0.39, 0.29) is 108 Å². The second-order valence-corrected chi connectivity index (χ2v) is 17.9. The molecule has 8 bridgehead atoms. The van der Waals surface area contributed by atoms with Gasteiger partial charge in [-0.3, -0.25) is 39.4 Å². The normalized spacial score (nSPS) is 13.8. The van der Waals surface area contributed by atoms with Gasteiger partial charge in [-0.15, -0.1) is 0 Å². The molecule has 0 atom stereocenters. The summed E-state index contributed by atoms with van der Waals surface area (Å²) in [6, 6.07) is 25.6. The highest BCUT2D eigenvalue weighted by Crippen LogP contribution is 2.46. The molecule has 0 aromatic heterocycles. The van der Waals surface area contributed by atoms with Crippen molar-refractivity contribution in [3.8, 4) is 23.0 Å². The molecule has 9 rings (SSSR count). The molecule has 2 heterocycles. The van der Waals surface area contributed by atoms with Gasteiger partial charge in [0.15, 0.2) is 0 Å². The first-order valence-corrected chi connectivity index (χ1v) is 24.2. The Labute approximate surface area is 415 Å². The molecule has 0 radical (unpaired) electrons. The lowest BCUT2D eigenvalue weighted by Gasteiger charge is -2.25. The van der Waals surface area contributed by atoms with E-state index in [1.54, 1.807) is 78.9 Å². The van der Waals surface area contributed by atoms with Crippen molar-refractivity contribution in [3.05, 3.63) is 184 Å². The summed E-state index contributed by atoms with van der Waals surface area (Å²) in [5, 5.41) is 26.2. The van der Waals surface area contributed by atoms with E-state index in [1.165, 1.54) is 18.2 Å². The van der Waals surface area contributed by atoms with Crippen molar-refractivity contribution in [2.45, 2.75) is 79.1 Å². The molecule has 4 amide bonds.